The third-order valence-electron chi connectivity index (χ3n) is 4.59. The highest BCUT2D eigenvalue weighted by Crippen LogP contribution is 2.30. The Kier molecular flexibility index (Phi) is 3.48. The zero-order chi connectivity index (χ0) is 15.8. The first kappa shape index (κ1) is 14.2. The topological polar surface area (TPSA) is 55.1 Å². The van der Waals surface area contributed by atoms with Crippen LogP contribution in [0.25, 0.3) is 10.9 Å². The van der Waals surface area contributed by atoms with Gasteiger partial charge in [-0.05, 0) is 37.5 Å². The molecule has 3 heterocycles. The van der Waals surface area contributed by atoms with E-state index in [1.165, 1.54) is 10.9 Å². The Morgan fingerprint density at radius 2 is 1.87 bits per heavy atom. The fourth-order valence-electron chi connectivity index (χ4n) is 3.36. The van der Waals surface area contributed by atoms with E-state index in [4.69, 9.17) is 9.51 Å². The predicted molar refractivity (Wildman–Crippen MR) is 89.7 cm³/mol. The van der Waals surface area contributed by atoms with Crippen LogP contribution >= 0.6 is 0 Å². The SMILES string of the molecule is Cc1nc(C2CCN(c3nc4ccccc4cc3C)CC2)no1. The number of anilines is 1. The minimum absolute atomic E-state index is 0.393. The molecule has 0 aliphatic carbocycles. The second-order valence-corrected chi connectivity index (χ2v) is 6.25. The third kappa shape index (κ3) is 2.67. The highest BCUT2D eigenvalue weighted by Gasteiger charge is 2.25. The Labute approximate surface area is 135 Å². The van der Waals surface area contributed by atoms with Gasteiger partial charge in [0, 0.05) is 31.3 Å². The maximum atomic E-state index is 5.11. The van der Waals surface area contributed by atoms with E-state index >= 15 is 0 Å². The maximum absolute atomic E-state index is 5.11. The molecular weight excluding hydrogens is 288 g/mol. The summed E-state index contributed by atoms with van der Waals surface area (Å²) in [6, 6.07) is 10.5. The van der Waals surface area contributed by atoms with E-state index in [9.17, 15) is 0 Å². The lowest BCUT2D eigenvalue weighted by atomic mass is 9.96. The molecular formula is C18H20N4O. The van der Waals surface area contributed by atoms with Crippen LogP contribution in [0.2, 0.25) is 0 Å². The summed E-state index contributed by atoms with van der Waals surface area (Å²) in [5, 5.41) is 5.28. The molecule has 1 saturated heterocycles. The van der Waals surface area contributed by atoms with Gasteiger partial charge in [-0.25, -0.2) is 4.98 Å². The molecule has 5 nitrogen and oxygen atoms in total. The number of aryl methyl sites for hydroxylation is 2. The Balaban J connectivity index is 1.55. The van der Waals surface area contributed by atoms with Crippen LogP contribution < -0.4 is 4.90 Å². The van der Waals surface area contributed by atoms with Gasteiger partial charge in [0.1, 0.15) is 5.82 Å². The molecule has 0 saturated carbocycles. The Hall–Kier alpha value is -2.43. The molecule has 5 heteroatoms. The van der Waals surface area contributed by atoms with E-state index < -0.39 is 0 Å². The number of aromatic nitrogens is 3. The minimum Gasteiger partial charge on any atom is -0.356 e. The fourth-order valence-corrected chi connectivity index (χ4v) is 3.36. The monoisotopic (exact) mass is 308 g/mol. The molecule has 0 unspecified atom stereocenters. The highest BCUT2D eigenvalue weighted by molar-refractivity contribution is 5.81. The van der Waals surface area contributed by atoms with Crippen molar-refractivity contribution in [3.63, 3.8) is 0 Å². The summed E-state index contributed by atoms with van der Waals surface area (Å²) in [6.07, 6.45) is 2.07. The van der Waals surface area contributed by atoms with Gasteiger partial charge < -0.3 is 9.42 Å². The van der Waals surface area contributed by atoms with Crippen molar-refractivity contribution in [3.8, 4) is 0 Å². The van der Waals surface area contributed by atoms with Crippen LogP contribution in [-0.2, 0) is 0 Å². The van der Waals surface area contributed by atoms with Crippen molar-refractivity contribution >= 4 is 16.7 Å². The maximum Gasteiger partial charge on any atom is 0.223 e. The van der Waals surface area contributed by atoms with Crippen molar-refractivity contribution in [1.29, 1.82) is 0 Å². The number of hydrogen-bond donors (Lipinski definition) is 0. The molecule has 1 aliphatic rings. The number of fused-ring (bicyclic) bond motifs is 1. The van der Waals surface area contributed by atoms with Gasteiger partial charge in [0.05, 0.1) is 5.52 Å². The second kappa shape index (κ2) is 5.65. The lowest BCUT2D eigenvalue weighted by Crippen LogP contribution is -2.34. The molecule has 3 aromatic rings. The molecule has 4 rings (SSSR count). The van der Waals surface area contributed by atoms with Gasteiger partial charge in [-0.1, -0.05) is 23.4 Å². The van der Waals surface area contributed by atoms with Gasteiger partial charge in [-0.3, -0.25) is 0 Å². The number of piperidine rings is 1. The van der Waals surface area contributed by atoms with Crippen molar-refractivity contribution in [2.75, 3.05) is 18.0 Å². The second-order valence-electron chi connectivity index (χ2n) is 6.25. The molecule has 2 aromatic heterocycles. The molecule has 1 aromatic carbocycles. The Morgan fingerprint density at radius 1 is 1.09 bits per heavy atom. The van der Waals surface area contributed by atoms with Gasteiger partial charge in [0.15, 0.2) is 5.82 Å². The zero-order valence-electron chi connectivity index (χ0n) is 13.5. The van der Waals surface area contributed by atoms with Crippen LogP contribution in [0.15, 0.2) is 34.9 Å². The first-order valence-electron chi connectivity index (χ1n) is 8.12. The first-order valence-corrected chi connectivity index (χ1v) is 8.12. The average molecular weight is 308 g/mol. The Bertz CT molecular complexity index is 834. The molecule has 1 fully saturated rings. The molecule has 0 radical (unpaired) electrons. The fraction of sp³-hybridized carbons (Fsp3) is 0.389. The molecule has 0 atom stereocenters. The van der Waals surface area contributed by atoms with Crippen molar-refractivity contribution in [2.24, 2.45) is 0 Å². The number of nitrogens with zero attached hydrogens (tertiary/aromatic N) is 4. The molecule has 1 aliphatic heterocycles. The van der Waals surface area contributed by atoms with Gasteiger partial charge in [0.2, 0.25) is 5.89 Å². The molecule has 0 N–H and O–H groups in total. The number of hydrogen-bond acceptors (Lipinski definition) is 5. The van der Waals surface area contributed by atoms with Crippen molar-refractivity contribution in [1.82, 2.24) is 15.1 Å². The first-order chi connectivity index (χ1) is 11.2. The van der Waals surface area contributed by atoms with Crippen LogP contribution in [-0.4, -0.2) is 28.2 Å². The molecule has 23 heavy (non-hydrogen) atoms. The zero-order valence-corrected chi connectivity index (χ0v) is 13.5. The van der Waals surface area contributed by atoms with Crippen LogP contribution in [0.4, 0.5) is 5.82 Å². The smallest absolute Gasteiger partial charge is 0.223 e. The highest BCUT2D eigenvalue weighted by atomic mass is 16.5. The van der Waals surface area contributed by atoms with Gasteiger partial charge in [-0.15, -0.1) is 0 Å². The lowest BCUT2D eigenvalue weighted by Gasteiger charge is -2.32. The minimum atomic E-state index is 0.393. The largest absolute Gasteiger partial charge is 0.356 e. The summed E-state index contributed by atoms with van der Waals surface area (Å²) >= 11 is 0. The summed E-state index contributed by atoms with van der Waals surface area (Å²) in [5.74, 6) is 3.00. The molecule has 0 bridgehead atoms. The van der Waals surface area contributed by atoms with E-state index in [2.05, 4.69) is 46.2 Å². The lowest BCUT2D eigenvalue weighted by molar-refractivity contribution is 0.375. The van der Waals surface area contributed by atoms with E-state index in [0.717, 1.165) is 43.1 Å². The molecule has 0 spiro atoms. The summed E-state index contributed by atoms with van der Waals surface area (Å²) in [6.45, 7) is 5.94. The number of rotatable bonds is 2. The van der Waals surface area contributed by atoms with E-state index in [-0.39, 0.29) is 0 Å². The summed E-state index contributed by atoms with van der Waals surface area (Å²) < 4.78 is 5.11. The quantitative estimate of drug-likeness (QED) is 0.723. The van der Waals surface area contributed by atoms with Crippen LogP contribution in [0.3, 0.4) is 0 Å². The summed E-state index contributed by atoms with van der Waals surface area (Å²) in [4.78, 5) is 11.6. The molecule has 118 valence electrons. The van der Waals surface area contributed by atoms with Crippen LogP contribution in [0.5, 0.6) is 0 Å². The molecule has 0 amide bonds. The van der Waals surface area contributed by atoms with E-state index in [1.54, 1.807) is 0 Å². The van der Waals surface area contributed by atoms with Gasteiger partial charge >= 0.3 is 0 Å². The van der Waals surface area contributed by atoms with Crippen molar-refractivity contribution in [3.05, 3.63) is 47.6 Å². The normalized spacial score (nSPS) is 16.2. The summed E-state index contributed by atoms with van der Waals surface area (Å²) in [5.41, 5.74) is 2.29. The van der Waals surface area contributed by atoms with Crippen LogP contribution in [0.1, 0.15) is 36.0 Å². The number of para-hydroxylation sites is 1. The van der Waals surface area contributed by atoms with Gasteiger partial charge in [0.25, 0.3) is 0 Å². The summed E-state index contributed by atoms with van der Waals surface area (Å²) in [7, 11) is 0. The Morgan fingerprint density at radius 3 is 2.61 bits per heavy atom. The number of pyridine rings is 1. The predicted octanol–water partition coefficient (Wildman–Crippen LogP) is 3.62. The number of benzene rings is 1. The third-order valence-corrected chi connectivity index (χ3v) is 4.59. The van der Waals surface area contributed by atoms with E-state index in [1.807, 2.05) is 13.0 Å². The van der Waals surface area contributed by atoms with Crippen molar-refractivity contribution < 1.29 is 4.52 Å². The van der Waals surface area contributed by atoms with Gasteiger partial charge in [-0.2, -0.15) is 4.98 Å². The van der Waals surface area contributed by atoms with Crippen LogP contribution in [0, 0.1) is 13.8 Å². The van der Waals surface area contributed by atoms with E-state index in [0.29, 0.717) is 11.8 Å². The van der Waals surface area contributed by atoms with Crippen molar-refractivity contribution in [2.45, 2.75) is 32.6 Å². The standard InChI is InChI=1S/C18H20N4O/c1-12-11-15-5-3-4-6-16(15)20-18(12)22-9-7-14(8-10-22)17-19-13(2)23-21-17/h3-6,11,14H,7-10H2,1-2H3. The average Bonchev–Trinajstić information content (AvgIpc) is 3.01.